The van der Waals surface area contributed by atoms with Crippen LogP contribution in [0.2, 0.25) is 0 Å². The lowest BCUT2D eigenvalue weighted by Gasteiger charge is -2.12. The number of rotatable bonds is 7. The molecule has 0 saturated heterocycles. The Hall–Kier alpha value is -2.83. The van der Waals surface area contributed by atoms with Crippen molar-refractivity contribution in [3.05, 3.63) is 54.1 Å². The molecule has 2 N–H and O–H groups in total. The Morgan fingerprint density at radius 3 is 2.60 bits per heavy atom. The second-order valence-corrected chi connectivity index (χ2v) is 5.82. The van der Waals surface area contributed by atoms with Gasteiger partial charge in [0.15, 0.2) is 5.96 Å². The Morgan fingerprint density at radius 2 is 2.00 bits per heavy atom. The van der Waals surface area contributed by atoms with Gasteiger partial charge in [-0.2, -0.15) is 0 Å². The summed E-state index contributed by atoms with van der Waals surface area (Å²) in [6.07, 6.45) is 5.49. The van der Waals surface area contributed by atoms with Crippen molar-refractivity contribution in [2.24, 2.45) is 4.99 Å². The van der Waals surface area contributed by atoms with Crippen molar-refractivity contribution >= 4 is 11.9 Å². The van der Waals surface area contributed by atoms with Crippen LogP contribution >= 0.6 is 0 Å². The molecule has 0 unspecified atom stereocenters. The molecule has 7 nitrogen and oxygen atoms in total. The number of imidazole rings is 1. The molecule has 0 saturated carbocycles. The molecule has 0 aliphatic heterocycles. The summed E-state index contributed by atoms with van der Waals surface area (Å²) in [4.78, 5) is 22.1. The minimum absolute atomic E-state index is 0.00422. The van der Waals surface area contributed by atoms with Gasteiger partial charge in [-0.3, -0.25) is 4.79 Å². The SMILES string of the molecule is CCNC(=NCc1ccc(C(=O)N(C)C)cc1)NCCn1ccnc1. The molecule has 1 aromatic carbocycles. The van der Waals surface area contributed by atoms with E-state index in [0.29, 0.717) is 12.1 Å². The van der Waals surface area contributed by atoms with Gasteiger partial charge in [-0.15, -0.1) is 0 Å². The maximum Gasteiger partial charge on any atom is 0.253 e. The number of aliphatic imine (C=N–C) groups is 1. The quantitative estimate of drug-likeness (QED) is 0.588. The highest BCUT2D eigenvalue weighted by atomic mass is 16.2. The summed E-state index contributed by atoms with van der Waals surface area (Å²) in [5.41, 5.74) is 1.74. The molecule has 0 fully saturated rings. The zero-order valence-corrected chi connectivity index (χ0v) is 15.1. The summed E-state index contributed by atoms with van der Waals surface area (Å²) in [6.45, 7) is 4.98. The molecule has 25 heavy (non-hydrogen) atoms. The van der Waals surface area contributed by atoms with Crippen LogP contribution in [0.1, 0.15) is 22.8 Å². The van der Waals surface area contributed by atoms with Gasteiger partial charge in [-0.25, -0.2) is 9.98 Å². The van der Waals surface area contributed by atoms with E-state index >= 15 is 0 Å². The fourth-order valence-corrected chi connectivity index (χ4v) is 2.25. The van der Waals surface area contributed by atoms with Gasteiger partial charge in [-0.05, 0) is 24.6 Å². The number of aromatic nitrogens is 2. The normalized spacial score (nSPS) is 11.2. The van der Waals surface area contributed by atoms with Gasteiger partial charge in [0.25, 0.3) is 5.91 Å². The van der Waals surface area contributed by atoms with Gasteiger partial charge in [0.1, 0.15) is 0 Å². The van der Waals surface area contributed by atoms with E-state index in [9.17, 15) is 4.79 Å². The van der Waals surface area contributed by atoms with Crippen molar-refractivity contribution in [2.45, 2.75) is 20.0 Å². The minimum Gasteiger partial charge on any atom is -0.357 e. The first-order chi connectivity index (χ1) is 12.1. The lowest BCUT2D eigenvalue weighted by molar-refractivity contribution is 0.0827. The van der Waals surface area contributed by atoms with E-state index in [4.69, 9.17) is 0 Å². The van der Waals surface area contributed by atoms with E-state index in [2.05, 4.69) is 20.6 Å². The van der Waals surface area contributed by atoms with E-state index in [-0.39, 0.29) is 5.91 Å². The Labute approximate surface area is 148 Å². The molecule has 1 amide bonds. The summed E-state index contributed by atoms with van der Waals surface area (Å²) in [7, 11) is 3.50. The number of benzene rings is 1. The first-order valence-electron chi connectivity index (χ1n) is 8.38. The van der Waals surface area contributed by atoms with Crippen LogP contribution in [0.3, 0.4) is 0 Å². The molecule has 0 bridgehead atoms. The average molecular weight is 342 g/mol. The fraction of sp³-hybridized carbons (Fsp3) is 0.389. The predicted octanol–water partition coefficient (Wildman–Crippen LogP) is 1.34. The van der Waals surface area contributed by atoms with Crippen molar-refractivity contribution in [3.8, 4) is 0 Å². The smallest absolute Gasteiger partial charge is 0.253 e. The molecule has 0 aliphatic rings. The molecule has 2 rings (SSSR count). The molecule has 1 aromatic heterocycles. The average Bonchev–Trinajstić information content (AvgIpc) is 3.13. The van der Waals surface area contributed by atoms with Crippen LogP contribution in [0, 0.1) is 0 Å². The third kappa shape index (κ3) is 5.95. The monoisotopic (exact) mass is 342 g/mol. The Morgan fingerprint density at radius 1 is 1.24 bits per heavy atom. The lowest BCUT2D eigenvalue weighted by Crippen LogP contribution is -2.38. The van der Waals surface area contributed by atoms with Crippen LogP contribution in [0.5, 0.6) is 0 Å². The molecule has 0 atom stereocenters. The highest BCUT2D eigenvalue weighted by molar-refractivity contribution is 5.93. The molecule has 0 radical (unpaired) electrons. The Kier molecular flexibility index (Phi) is 7.00. The van der Waals surface area contributed by atoms with Crippen LogP contribution in [-0.4, -0.2) is 53.5 Å². The molecular formula is C18H26N6O. The van der Waals surface area contributed by atoms with Crippen LogP contribution in [0.15, 0.2) is 48.0 Å². The Bertz CT molecular complexity index is 676. The summed E-state index contributed by atoms with van der Waals surface area (Å²) in [5.74, 6) is 0.778. The number of guanidine groups is 1. The summed E-state index contributed by atoms with van der Waals surface area (Å²) >= 11 is 0. The fourth-order valence-electron chi connectivity index (χ4n) is 2.25. The van der Waals surface area contributed by atoms with Gasteiger partial charge in [0.2, 0.25) is 0 Å². The molecule has 134 valence electrons. The molecule has 1 heterocycles. The number of nitrogens with zero attached hydrogens (tertiary/aromatic N) is 4. The lowest BCUT2D eigenvalue weighted by atomic mass is 10.1. The maximum atomic E-state index is 11.9. The topological polar surface area (TPSA) is 74.6 Å². The van der Waals surface area contributed by atoms with Gasteiger partial charge in [-0.1, -0.05) is 12.1 Å². The van der Waals surface area contributed by atoms with Gasteiger partial charge >= 0.3 is 0 Å². The van der Waals surface area contributed by atoms with Crippen LogP contribution < -0.4 is 10.6 Å². The highest BCUT2D eigenvalue weighted by Gasteiger charge is 2.07. The standard InChI is InChI=1S/C18H26N6O/c1-4-20-18(21-10-12-24-11-9-19-14-24)22-13-15-5-7-16(8-6-15)17(25)23(2)3/h5-9,11,14H,4,10,12-13H2,1-3H3,(H2,20,21,22). The molecule has 0 spiro atoms. The second-order valence-electron chi connectivity index (χ2n) is 5.82. The Balaban J connectivity index is 1.90. The second kappa shape index (κ2) is 9.46. The number of nitrogens with one attached hydrogen (secondary N) is 2. The molecular weight excluding hydrogens is 316 g/mol. The molecule has 0 aliphatic carbocycles. The maximum absolute atomic E-state index is 11.9. The minimum atomic E-state index is 0.00422. The zero-order valence-electron chi connectivity index (χ0n) is 15.1. The van der Waals surface area contributed by atoms with Crippen LogP contribution in [0.25, 0.3) is 0 Å². The first-order valence-corrected chi connectivity index (χ1v) is 8.38. The summed E-state index contributed by atoms with van der Waals surface area (Å²) in [6, 6.07) is 7.56. The molecule has 7 heteroatoms. The van der Waals surface area contributed by atoms with Crippen molar-refractivity contribution in [1.82, 2.24) is 25.1 Å². The van der Waals surface area contributed by atoms with Crippen molar-refractivity contribution in [3.63, 3.8) is 0 Å². The largest absolute Gasteiger partial charge is 0.357 e. The number of carbonyl (C=O) groups excluding carboxylic acids is 1. The summed E-state index contributed by atoms with van der Waals surface area (Å²) < 4.78 is 2.01. The van der Waals surface area contributed by atoms with Crippen molar-refractivity contribution in [2.75, 3.05) is 27.2 Å². The molecule has 2 aromatic rings. The first kappa shape index (κ1) is 18.5. The third-order valence-corrected chi connectivity index (χ3v) is 3.59. The highest BCUT2D eigenvalue weighted by Crippen LogP contribution is 2.07. The van der Waals surface area contributed by atoms with Crippen molar-refractivity contribution < 1.29 is 4.79 Å². The van der Waals surface area contributed by atoms with E-state index in [0.717, 1.165) is 31.2 Å². The van der Waals surface area contributed by atoms with Crippen LogP contribution in [0.4, 0.5) is 0 Å². The van der Waals surface area contributed by atoms with Gasteiger partial charge in [0.05, 0.1) is 12.9 Å². The van der Waals surface area contributed by atoms with E-state index in [1.807, 2.05) is 42.0 Å². The number of hydrogen-bond donors (Lipinski definition) is 2. The predicted molar refractivity (Wildman–Crippen MR) is 99.5 cm³/mol. The van der Waals surface area contributed by atoms with Crippen LogP contribution in [-0.2, 0) is 13.1 Å². The number of amides is 1. The van der Waals surface area contributed by atoms with Gasteiger partial charge in [0, 0.05) is 51.7 Å². The van der Waals surface area contributed by atoms with E-state index in [1.165, 1.54) is 0 Å². The van der Waals surface area contributed by atoms with Gasteiger partial charge < -0.3 is 20.1 Å². The summed E-state index contributed by atoms with van der Waals surface area (Å²) in [5, 5.41) is 6.53. The zero-order chi connectivity index (χ0) is 18.1. The number of hydrogen-bond acceptors (Lipinski definition) is 3. The van der Waals surface area contributed by atoms with E-state index < -0.39 is 0 Å². The number of carbonyl (C=O) groups is 1. The van der Waals surface area contributed by atoms with E-state index in [1.54, 1.807) is 31.5 Å². The third-order valence-electron chi connectivity index (χ3n) is 3.59. The van der Waals surface area contributed by atoms with Crippen molar-refractivity contribution in [1.29, 1.82) is 0 Å².